The van der Waals surface area contributed by atoms with Gasteiger partial charge in [-0.2, -0.15) is 0 Å². The molecule has 0 atom stereocenters. The Labute approximate surface area is 161 Å². The second-order valence-corrected chi connectivity index (χ2v) is 7.35. The predicted molar refractivity (Wildman–Crippen MR) is 101 cm³/mol. The molecule has 0 saturated carbocycles. The molecule has 0 spiro atoms. The highest BCUT2D eigenvalue weighted by Crippen LogP contribution is 2.15. The monoisotopic (exact) mass is 388 g/mol. The van der Waals surface area contributed by atoms with E-state index in [-0.39, 0.29) is 36.0 Å². The van der Waals surface area contributed by atoms with Crippen molar-refractivity contribution < 1.29 is 18.8 Å². The number of amides is 2. The third-order valence-electron chi connectivity index (χ3n) is 4.60. The summed E-state index contributed by atoms with van der Waals surface area (Å²) in [5.41, 5.74) is 0.0545. The lowest BCUT2D eigenvalue weighted by molar-refractivity contribution is -0.131. The minimum Gasteiger partial charge on any atom is -0.341 e. The van der Waals surface area contributed by atoms with Crippen molar-refractivity contribution in [3.63, 3.8) is 0 Å². The van der Waals surface area contributed by atoms with Crippen molar-refractivity contribution in [3.8, 4) is 0 Å². The van der Waals surface area contributed by atoms with Crippen LogP contribution in [0.4, 0.5) is 4.39 Å². The van der Waals surface area contributed by atoms with Crippen molar-refractivity contribution >= 4 is 28.9 Å². The van der Waals surface area contributed by atoms with E-state index >= 15 is 0 Å². The minimum absolute atomic E-state index is 0.0236. The molecule has 0 N–H and O–H groups in total. The van der Waals surface area contributed by atoms with Crippen molar-refractivity contribution in [1.82, 2.24) is 9.80 Å². The zero-order chi connectivity index (χ0) is 19.2. The van der Waals surface area contributed by atoms with Gasteiger partial charge in [-0.1, -0.05) is 18.2 Å². The summed E-state index contributed by atoms with van der Waals surface area (Å²) >= 11 is 1.37. The van der Waals surface area contributed by atoms with E-state index in [0.29, 0.717) is 37.5 Å². The van der Waals surface area contributed by atoms with E-state index in [1.54, 1.807) is 28.0 Å². The minimum atomic E-state index is -0.535. The predicted octanol–water partition coefficient (Wildman–Crippen LogP) is 3.22. The molecule has 7 heteroatoms. The molecule has 1 aromatic carbocycles. The molecule has 0 radical (unpaired) electrons. The van der Waals surface area contributed by atoms with E-state index in [1.807, 2.05) is 11.4 Å². The molecule has 27 heavy (non-hydrogen) atoms. The quantitative estimate of drug-likeness (QED) is 0.739. The Morgan fingerprint density at radius 2 is 1.67 bits per heavy atom. The molecule has 1 fully saturated rings. The van der Waals surface area contributed by atoms with Crippen LogP contribution in [0.3, 0.4) is 0 Å². The molecule has 2 amide bonds. The molecule has 1 aliphatic heterocycles. The maximum atomic E-state index is 13.9. The smallest absolute Gasteiger partial charge is 0.256 e. The van der Waals surface area contributed by atoms with Crippen LogP contribution in [0, 0.1) is 5.82 Å². The van der Waals surface area contributed by atoms with Crippen LogP contribution in [0.5, 0.6) is 0 Å². The molecule has 0 aliphatic carbocycles. The first-order valence-corrected chi connectivity index (χ1v) is 9.82. The first-order chi connectivity index (χ1) is 13.1. The Morgan fingerprint density at radius 1 is 0.926 bits per heavy atom. The maximum Gasteiger partial charge on any atom is 0.256 e. The van der Waals surface area contributed by atoms with Crippen molar-refractivity contribution in [3.05, 3.63) is 58.0 Å². The van der Waals surface area contributed by atoms with Crippen LogP contribution < -0.4 is 0 Å². The number of thiophene rings is 1. The third kappa shape index (κ3) is 4.80. The van der Waals surface area contributed by atoms with Crippen LogP contribution in [0.2, 0.25) is 0 Å². The summed E-state index contributed by atoms with van der Waals surface area (Å²) in [4.78, 5) is 41.0. The summed E-state index contributed by atoms with van der Waals surface area (Å²) in [6.45, 7) is 1.77. The molecule has 2 heterocycles. The fourth-order valence-corrected chi connectivity index (χ4v) is 3.81. The average molecular weight is 388 g/mol. The molecule has 1 saturated heterocycles. The first-order valence-electron chi connectivity index (χ1n) is 8.94. The number of nitrogens with zero attached hydrogens (tertiary/aromatic N) is 2. The van der Waals surface area contributed by atoms with Crippen LogP contribution in [0.1, 0.15) is 39.3 Å². The van der Waals surface area contributed by atoms with Gasteiger partial charge in [0.05, 0.1) is 10.4 Å². The van der Waals surface area contributed by atoms with Crippen molar-refractivity contribution in [2.75, 3.05) is 26.2 Å². The Bertz CT molecular complexity index is 822. The standard InChI is InChI=1S/C20H21FN2O3S/c21-16-6-2-1-5-15(16)20(26)23-11-4-10-22(12-13-23)19(25)9-8-17(24)18-7-3-14-27-18/h1-3,5-7,14H,4,8-13H2. The summed E-state index contributed by atoms with van der Waals surface area (Å²) in [5.74, 6) is -0.994. The number of benzene rings is 1. The largest absolute Gasteiger partial charge is 0.341 e. The first kappa shape index (κ1) is 19.2. The lowest BCUT2D eigenvalue weighted by atomic mass is 10.2. The lowest BCUT2D eigenvalue weighted by Crippen LogP contribution is -2.37. The van der Waals surface area contributed by atoms with Gasteiger partial charge in [0.2, 0.25) is 5.91 Å². The van der Waals surface area contributed by atoms with Crippen LogP contribution in [0.25, 0.3) is 0 Å². The third-order valence-corrected chi connectivity index (χ3v) is 5.51. The maximum absolute atomic E-state index is 13.9. The Balaban J connectivity index is 1.53. The van der Waals surface area contributed by atoms with Crippen LogP contribution in [-0.2, 0) is 4.79 Å². The molecule has 2 aromatic rings. The normalized spacial score (nSPS) is 14.7. The zero-order valence-corrected chi connectivity index (χ0v) is 15.7. The molecule has 1 aliphatic rings. The van der Waals surface area contributed by atoms with Crippen LogP contribution in [0.15, 0.2) is 41.8 Å². The molecule has 5 nitrogen and oxygen atoms in total. The summed E-state index contributed by atoms with van der Waals surface area (Å²) in [7, 11) is 0. The van der Waals surface area contributed by atoms with E-state index in [2.05, 4.69) is 0 Å². The Kier molecular flexibility index (Phi) is 6.34. The fraction of sp³-hybridized carbons (Fsp3) is 0.350. The highest BCUT2D eigenvalue weighted by molar-refractivity contribution is 7.12. The number of carbonyl (C=O) groups excluding carboxylic acids is 3. The molecule has 3 rings (SSSR count). The van der Waals surface area contributed by atoms with E-state index < -0.39 is 5.82 Å². The number of hydrogen-bond donors (Lipinski definition) is 0. The van der Waals surface area contributed by atoms with Crippen LogP contribution in [-0.4, -0.2) is 53.6 Å². The SMILES string of the molecule is O=C(CCC(=O)N1CCCN(C(=O)c2ccccc2F)CC1)c1cccs1. The van der Waals surface area contributed by atoms with E-state index in [9.17, 15) is 18.8 Å². The van der Waals surface area contributed by atoms with Crippen LogP contribution >= 0.6 is 11.3 Å². The summed E-state index contributed by atoms with van der Waals surface area (Å²) < 4.78 is 13.9. The van der Waals surface area contributed by atoms with Crippen molar-refractivity contribution in [2.24, 2.45) is 0 Å². The average Bonchev–Trinajstić information content (AvgIpc) is 3.10. The number of rotatable bonds is 5. The van der Waals surface area contributed by atoms with Gasteiger partial charge in [0.1, 0.15) is 5.82 Å². The summed E-state index contributed by atoms with van der Waals surface area (Å²) in [6.07, 6.45) is 0.983. The molecule has 0 bridgehead atoms. The van der Waals surface area contributed by atoms with Gasteiger partial charge in [-0.05, 0) is 30.0 Å². The molecular weight excluding hydrogens is 367 g/mol. The van der Waals surface area contributed by atoms with Gasteiger partial charge >= 0.3 is 0 Å². The lowest BCUT2D eigenvalue weighted by Gasteiger charge is -2.22. The summed E-state index contributed by atoms with van der Waals surface area (Å²) in [6, 6.07) is 9.50. The number of Topliss-reactive ketones (excluding diaryl/α,β-unsaturated/α-hetero) is 1. The highest BCUT2D eigenvalue weighted by atomic mass is 32.1. The number of hydrogen-bond acceptors (Lipinski definition) is 4. The highest BCUT2D eigenvalue weighted by Gasteiger charge is 2.24. The van der Waals surface area contributed by atoms with Gasteiger partial charge in [0, 0.05) is 39.0 Å². The second kappa shape index (κ2) is 8.90. The topological polar surface area (TPSA) is 57.7 Å². The molecular formula is C20H21FN2O3S. The second-order valence-electron chi connectivity index (χ2n) is 6.41. The van der Waals surface area contributed by atoms with E-state index in [1.165, 1.54) is 23.5 Å². The number of halogens is 1. The Hall–Kier alpha value is -2.54. The van der Waals surface area contributed by atoms with Crippen molar-refractivity contribution in [1.29, 1.82) is 0 Å². The van der Waals surface area contributed by atoms with Gasteiger partial charge < -0.3 is 9.80 Å². The van der Waals surface area contributed by atoms with Crippen molar-refractivity contribution in [2.45, 2.75) is 19.3 Å². The van der Waals surface area contributed by atoms with Gasteiger partial charge in [0.15, 0.2) is 5.78 Å². The summed E-state index contributed by atoms with van der Waals surface area (Å²) in [5, 5.41) is 1.84. The molecule has 142 valence electrons. The number of ketones is 1. The number of carbonyl (C=O) groups is 3. The molecule has 1 aromatic heterocycles. The van der Waals surface area contributed by atoms with Gasteiger partial charge in [-0.3, -0.25) is 14.4 Å². The fourth-order valence-electron chi connectivity index (χ4n) is 3.11. The Morgan fingerprint density at radius 3 is 2.41 bits per heavy atom. The van der Waals surface area contributed by atoms with E-state index in [0.717, 1.165) is 0 Å². The van der Waals surface area contributed by atoms with Gasteiger partial charge in [-0.25, -0.2) is 4.39 Å². The van der Waals surface area contributed by atoms with Gasteiger partial charge in [-0.15, -0.1) is 11.3 Å². The molecule has 0 unspecified atom stereocenters. The van der Waals surface area contributed by atoms with Gasteiger partial charge in [0.25, 0.3) is 5.91 Å². The van der Waals surface area contributed by atoms with E-state index in [4.69, 9.17) is 0 Å². The zero-order valence-electron chi connectivity index (χ0n) is 14.9.